The summed E-state index contributed by atoms with van der Waals surface area (Å²) in [4.78, 5) is 52.7. The van der Waals surface area contributed by atoms with Crippen molar-refractivity contribution in [2.75, 3.05) is 16.8 Å². The smallest absolute Gasteiger partial charge is 0.338 e. The van der Waals surface area contributed by atoms with Gasteiger partial charge in [0.05, 0.1) is 23.1 Å². The van der Waals surface area contributed by atoms with Crippen molar-refractivity contribution in [3.63, 3.8) is 0 Å². The van der Waals surface area contributed by atoms with Crippen molar-refractivity contribution in [2.24, 2.45) is 23.7 Å². The van der Waals surface area contributed by atoms with Gasteiger partial charge in [0.15, 0.2) is 6.61 Å². The van der Waals surface area contributed by atoms with E-state index in [1.807, 2.05) is 18.2 Å². The lowest BCUT2D eigenvalue weighted by atomic mass is 9.73. The fourth-order valence-corrected chi connectivity index (χ4v) is 6.61. The number of nitrogens with zero attached hydrogens (tertiary/aromatic N) is 1. The van der Waals surface area contributed by atoms with E-state index in [2.05, 4.69) is 17.4 Å². The molecule has 5 atom stereocenters. The molecule has 3 aliphatic rings. The highest BCUT2D eigenvalue weighted by atomic mass is 35.5. The summed E-state index contributed by atoms with van der Waals surface area (Å²) >= 11 is 5.83. The average molecular weight is 529 g/mol. The Morgan fingerprint density at radius 3 is 2.26 bits per heavy atom. The summed E-state index contributed by atoms with van der Waals surface area (Å²) in [6.45, 7) is -0.457. The topological polar surface area (TPSA) is 92.8 Å². The molecule has 2 aliphatic carbocycles. The Morgan fingerprint density at radius 2 is 1.55 bits per heavy atom. The Kier molecular flexibility index (Phi) is 6.24. The van der Waals surface area contributed by atoms with E-state index in [1.165, 1.54) is 22.6 Å². The third-order valence-electron chi connectivity index (χ3n) is 8.07. The number of rotatable bonds is 6. The van der Waals surface area contributed by atoms with Crippen LogP contribution < -0.4 is 10.2 Å². The van der Waals surface area contributed by atoms with Crippen molar-refractivity contribution < 1.29 is 23.9 Å². The number of halogens is 1. The van der Waals surface area contributed by atoms with Crippen molar-refractivity contribution in [3.8, 4) is 0 Å². The van der Waals surface area contributed by atoms with Crippen LogP contribution in [0.15, 0.2) is 78.9 Å². The minimum absolute atomic E-state index is 0.145. The molecule has 38 heavy (non-hydrogen) atoms. The Labute approximate surface area is 224 Å². The number of carbonyl (C=O) groups excluding carboxylic acids is 4. The van der Waals surface area contributed by atoms with E-state index in [9.17, 15) is 19.2 Å². The molecule has 0 aromatic heterocycles. The largest absolute Gasteiger partial charge is 0.452 e. The number of nitrogens with one attached hydrogen (secondary N) is 1. The summed E-state index contributed by atoms with van der Waals surface area (Å²) in [5.74, 6) is -1.34. The van der Waals surface area contributed by atoms with Gasteiger partial charge in [-0.25, -0.2) is 4.79 Å². The molecule has 7 nitrogen and oxygen atoms in total. The molecule has 3 amide bonds. The Hall–Kier alpha value is -3.97. The lowest BCUT2D eigenvalue weighted by molar-refractivity contribution is -0.123. The first-order valence-corrected chi connectivity index (χ1v) is 13.0. The third-order valence-corrected chi connectivity index (χ3v) is 8.32. The first kappa shape index (κ1) is 24.4. The maximum absolute atomic E-state index is 13.5. The summed E-state index contributed by atoms with van der Waals surface area (Å²) < 4.78 is 5.12. The molecule has 3 fully saturated rings. The molecular weight excluding hydrogens is 504 g/mol. The molecule has 1 heterocycles. The highest BCUT2D eigenvalue weighted by molar-refractivity contribution is 6.30. The van der Waals surface area contributed by atoms with Gasteiger partial charge in [0.2, 0.25) is 11.8 Å². The Bertz CT molecular complexity index is 1410. The molecule has 0 unspecified atom stereocenters. The number of amides is 3. The van der Waals surface area contributed by atoms with Crippen LogP contribution in [0.25, 0.3) is 0 Å². The van der Waals surface area contributed by atoms with E-state index in [1.54, 1.807) is 36.4 Å². The minimum atomic E-state index is -0.678. The van der Waals surface area contributed by atoms with Crippen molar-refractivity contribution in [2.45, 2.75) is 18.8 Å². The fourth-order valence-electron chi connectivity index (χ4n) is 6.49. The minimum Gasteiger partial charge on any atom is -0.452 e. The molecule has 3 aromatic carbocycles. The highest BCUT2D eigenvalue weighted by Gasteiger charge is 2.64. The lowest BCUT2D eigenvalue weighted by Crippen LogP contribution is -2.33. The fraction of sp³-hybridized carbons (Fsp3) is 0.267. The molecule has 2 bridgehead atoms. The zero-order chi connectivity index (χ0) is 26.4. The van der Waals surface area contributed by atoms with Crippen LogP contribution in [0.5, 0.6) is 0 Å². The van der Waals surface area contributed by atoms with Crippen molar-refractivity contribution >= 4 is 46.7 Å². The van der Waals surface area contributed by atoms with E-state index in [4.69, 9.17) is 16.3 Å². The molecular formula is C30H25ClN2O5. The second-order valence-electron chi connectivity index (χ2n) is 10.2. The second-order valence-corrected chi connectivity index (χ2v) is 10.6. The van der Waals surface area contributed by atoms with Crippen LogP contribution in [0, 0.1) is 23.7 Å². The van der Waals surface area contributed by atoms with Crippen LogP contribution >= 0.6 is 11.6 Å². The van der Waals surface area contributed by atoms with Crippen molar-refractivity contribution in [3.05, 3.63) is 95.0 Å². The quantitative estimate of drug-likeness (QED) is 0.356. The van der Waals surface area contributed by atoms with Gasteiger partial charge in [-0.2, -0.15) is 0 Å². The van der Waals surface area contributed by atoms with Crippen LogP contribution in [0.1, 0.15) is 34.7 Å². The average Bonchev–Trinajstić information content (AvgIpc) is 3.60. The van der Waals surface area contributed by atoms with Gasteiger partial charge in [-0.3, -0.25) is 19.3 Å². The second kappa shape index (κ2) is 9.72. The number of hydrogen-bond acceptors (Lipinski definition) is 5. The standard InChI is InChI=1S/C30H25ClN2O5/c31-20-8-10-21(11-9-20)32-25(34)16-38-30(37)18-6-12-22(13-7-18)33-28(35)26-19-14-23(17-4-2-1-3-5-17)24(15-19)27(26)29(33)36/h1-13,19,23-24,26-27H,14-16H2,(H,32,34)/t19-,23-,24+,26+,27-/m0/s1. The monoisotopic (exact) mass is 528 g/mol. The van der Waals surface area contributed by atoms with Gasteiger partial charge in [0, 0.05) is 10.7 Å². The number of anilines is 2. The normalized spacial score (nSPS) is 25.4. The molecule has 0 spiro atoms. The molecule has 1 aliphatic heterocycles. The highest BCUT2D eigenvalue weighted by Crippen LogP contribution is 2.61. The van der Waals surface area contributed by atoms with Crippen LogP contribution in [-0.2, 0) is 19.1 Å². The van der Waals surface area contributed by atoms with Crippen molar-refractivity contribution in [1.82, 2.24) is 0 Å². The molecule has 1 N–H and O–H groups in total. The molecule has 192 valence electrons. The number of carbonyl (C=O) groups is 4. The van der Waals surface area contributed by atoms with E-state index in [0.717, 1.165) is 12.8 Å². The zero-order valence-electron chi connectivity index (χ0n) is 20.4. The number of esters is 1. The number of ether oxygens (including phenoxy) is 1. The molecule has 3 aromatic rings. The molecule has 2 saturated carbocycles. The number of fused-ring (bicyclic) bond motifs is 5. The first-order valence-electron chi connectivity index (χ1n) is 12.7. The van der Waals surface area contributed by atoms with Gasteiger partial charge in [-0.1, -0.05) is 41.9 Å². The Morgan fingerprint density at radius 1 is 0.868 bits per heavy atom. The van der Waals surface area contributed by atoms with Gasteiger partial charge >= 0.3 is 5.97 Å². The van der Waals surface area contributed by atoms with E-state index in [0.29, 0.717) is 22.3 Å². The van der Waals surface area contributed by atoms with Crippen LogP contribution in [0.3, 0.4) is 0 Å². The van der Waals surface area contributed by atoms with Gasteiger partial charge in [0.1, 0.15) is 0 Å². The summed E-state index contributed by atoms with van der Waals surface area (Å²) in [6, 6.07) is 23.0. The maximum atomic E-state index is 13.5. The third kappa shape index (κ3) is 4.27. The zero-order valence-corrected chi connectivity index (χ0v) is 21.1. The SMILES string of the molecule is O=C(COC(=O)c1ccc(N2C(=O)[C@@H]3[C@@H]4C[C@@H]([C@@H]3C2=O)[C@H](c2ccccc2)C4)cc1)Nc1ccc(Cl)cc1. The van der Waals surface area contributed by atoms with E-state index < -0.39 is 18.5 Å². The predicted octanol–water partition coefficient (Wildman–Crippen LogP) is 5.06. The Balaban J connectivity index is 1.10. The molecule has 1 saturated heterocycles. The van der Waals surface area contributed by atoms with Crippen LogP contribution in [-0.4, -0.2) is 30.3 Å². The van der Waals surface area contributed by atoms with Gasteiger partial charge in [-0.15, -0.1) is 0 Å². The van der Waals surface area contributed by atoms with E-state index in [-0.39, 0.29) is 41.0 Å². The van der Waals surface area contributed by atoms with Gasteiger partial charge in [0.25, 0.3) is 5.91 Å². The molecule has 0 radical (unpaired) electrons. The molecule has 6 rings (SSSR count). The van der Waals surface area contributed by atoms with Gasteiger partial charge in [-0.05, 0) is 84.7 Å². The number of benzene rings is 3. The summed E-state index contributed by atoms with van der Waals surface area (Å²) in [6.07, 6.45) is 1.84. The predicted molar refractivity (Wildman–Crippen MR) is 142 cm³/mol. The van der Waals surface area contributed by atoms with Crippen LogP contribution in [0.2, 0.25) is 5.02 Å². The summed E-state index contributed by atoms with van der Waals surface area (Å²) in [7, 11) is 0. The first-order chi connectivity index (χ1) is 18.4. The van der Waals surface area contributed by atoms with Crippen LogP contribution in [0.4, 0.5) is 11.4 Å². The maximum Gasteiger partial charge on any atom is 0.338 e. The molecule has 8 heteroatoms. The van der Waals surface area contributed by atoms with Gasteiger partial charge < -0.3 is 10.1 Å². The number of imide groups is 1. The lowest BCUT2D eigenvalue weighted by Gasteiger charge is -2.28. The summed E-state index contributed by atoms with van der Waals surface area (Å²) in [5.41, 5.74) is 2.44. The summed E-state index contributed by atoms with van der Waals surface area (Å²) in [5, 5.41) is 3.16. The van der Waals surface area contributed by atoms with Crippen molar-refractivity contribution in [1.29, 1.82) is 0 Å². The van der Waals surface area contributed by atoms with E-state index >= 15 is 0 Å². The number of hydrogen-bond donors (Lipinski definition) is 1.